The van der Waals surface area contributed by atoms with Crippen LogP contribution < -0.4 is 0 Å². The zero-order valence-corrected chi connectivity index (χ0v) is 13.2. The molecule has 0 rings (SSSR count). The predicted octanol–water partition coefficient (Wildman–Crippen LogP) is 3.50. The average molecular weight is 308 g/mol. The van der Waals surface area contributed by atoms with E-state index < -0.39 is 22.0 Å². The summed E-state index contributed by atoms with van der Waals surface area (Å²) in [6.07, 6.45) is 9.06. The summed E-state index contributed by atoms with van der Waals surface area (Å²) in [7, 11) is -3.98. The number of carboxylic acid groups (broad SMARTS) is 1. The van der Waals surface area contributed by atoms with Crippen LogP contribution in [0.25, 0.3) is 0 Å². The molecule has 20 heavy (non-hydrogen) atoms. The summed E-state index contributed by atoms with van der Waals surface area (Å²) in [5, 5.41) is 9.06. The first-order chi connectivity index (χ1) is 9.37. The second-order valence-electron chi connectivity index (χ2n) is 5.37. The summed E-state index contributed by atoms with van der Waals surface area (Å²) < 4.78 is 29.8. The molecule has 0 fully saturated rings. The maximum absolute atomic E-state index is 11.0. The molecule has 0 spiro atoms. The molecule has 5 nitrogen and oxygen atoms in total. The molecule has 0 saturated heterocycles. The molecule has 2 N–H and O–H groups in total. The van der Waals surface area contributed by atoms with Crippen LogP contribution in [-0.2, 0) is 14.9 Å². The third kappa shape index (κ3) is 12.4. The molecule has 6 heteroatoms. The molecule has 0 aliphatic heterocycles. The number of carboxylic acids is 1. The van der Waals surface area contributed by atoms with E-state index in [4.69, 9.17) is 9.66 Å². The second-order valence-corrected chi connectivity index (χ2v) is 6.95. The van der Waals surface area contributed by atoms with E-state index in [2.05, 4.69) is 6.92 Å². The van der Waals surface area contributed by atoms with E-state index >= 15 is 0 Å². The van der Waals surface area contributed by atoms with Crippen molar-refractivity contribution in [1.82, 2.24) is 0 Å². The molecule has 0 aromatic rings. The standard InChI is InChI=1S/C14H28O5S/c1-2-3-4-5-6-7-8-10-13(14(15)16)11-9-12-20(17,18)19/h13H,2-12H2,1H3,(H,15,16)(H,17,18,19). The summed E-state index contributed by atoms with van der Waals surface area (Å²) >= 11 is 0. The summed E-state index contributed by atoms with van der Waals surface area (Å²) in [6, 6.07) is 0. The Morgan fingerprint density at radius 3 is 1.95 bits per heavy atom. The minimum Gasteiger partial charge on any atom is -0.481 e. The van der Waals surface area contributed by atoms with E-state index in [9.17, 15) is 13.2 Å². The molecule has 0 bridgehead atoms. The Kier molecular flexibility index (Phi) is 10.7. The molecule has 0 aromatic carbocycles. The van der Waals surface area contributed by atoms with Crippen molar-refractivity contribution in [2.45, 2.75) is 71.1 Å². The first-order valence-corrected chi connectivity index (χ1v) is 9.15. The van der Waals surface area contributed by atoms with Crippen LogP contribution in [0.1, 0.15) is 71.1 Å². The van der Waals surface area contributed by atoms with Gasteiger partial charge in [-0.25, -0.2) is 0 Å². The van der Waals surface area contributed by atoms with Crippen LogP contribution in [0.15, 0.2) is 0 Å². The Labute approximate surface area is 122 Å². The van der Waals surface area contributed by atoms with Gasteiger partial charge in [-0.15, -0.1) is 0 Å². The Morgan fingerprint density at radius 2 is 1.45 bits per heavy atom. The Hall–Kier alpha value is -0.620. The summed E-state index contributed by atoms with van der Waals surface area (Å²) in [6.45, 7) is 2.17. The highest BCUT2D eigenvalue weighted by Gasteiger charge is 2.17. The fourth-order valence-corrected chi connectivity index (χ4v) is 2.78. The number of hydrogen-bond donors (Lipinski definition) is 2. The fraction of sp³-hybridized carbons (Fsp3) is 0.929. The molecule has 120 valence electrons. The zero-order valence-electron chi connectivity index (χ0n) is 12.4. The molecule has 1 unspecified atom stereocenters. The molecular formula is C14H28O5S. The third-order valence-electron chi connectivity index (χ3n) is 3.46. The Bertz CT molecular complexity index is 351. The minimum atomic E-state index is -3.98. The van der Waals surface area contributed by atoms with Crippen LogP contribution in [0.5, 0.6) is 0 Å². The van der Waals surface area contributed by atoms with Gasteiger partial charge in [-0.2, -0.15) is 8.42 Å². The van der Waals surface area contributed by atoms with Gasteiger partial charge < -0.3 is 5.11 Å². The van der Waals surface area contributed by atoms with Crippen molar-refractivity contribution in [3.05, 3.63) is 0 Å². The molecule has 0 radical (unpaired) electrons. The van der Waals surface area contributed by atoms with Gasteiger partial charge in [0.25, 0.3) is 10.1 Å². The van der Waals surface area contributed by atoms with Crippen molar-refractivity contribution >= 4 is 16.1 Å². The molecule has 0 aliphatic carbocycles. The number of hydrogen-bond acceptors (Lipinski definition) is 3. The predicted molar refractivity (Wildman–Crippen MR) is 79.4 cm³/mol. The average Bonchev–Trinajstić information content (AvgIpc) is 2.33. The van der Waals surface area contributed by atoms with Gasteiger partial charge >= 0.3 is 5.97 Å². The minimum absolute atomic E-state index is 0.201. The number of carbonyl (C=O) groups is 1. The van der Waals surface area contributed by atoms with Crippen molar-refractivity contribution < 1.29 is 22.9 Å². The lowest BCUT2D eigenvalue weighted by Crippen LogP contribution is -2.15. The summed E-state index contributed by atoms with van der Waals surface area (Å²) in [4.78, 5) is 11.0. The van der Waals surface area contributed by atoms with Crippen LogP contribution in [0.2, 0.25) is 0 Å². The van der Waals surface area contributed by atoms with E-state index in [1.165, 1.54) is 25.7 Å². The van der Waals surface area contributed by atoms with Gasteiger partial charge in [-0.05, 0) is 19.3 Å². The molecule has 0 amide bonds. The lowest BCUT2D eigenvalue weighted by Gasteiger charge is -2.11. The maximum atomic E-state index is 11.0. The maximum Gasteiger partial charge on any atom is 0.306 e. The van der Waals surface area contributed by atoms with Crippen LogP contribution in [0.3, 0.4) is 0 Å². The van der Waals surface area contributed by atoms with Gasteiger partial charge in [0, 0.05) is 0 Å². The molecular weight excluding hydrogens is 280 g/mol. The van der Waals surface area contributed by atoms with Crippen molar-refractivity contribution in [1.29, 1.82) is 0 Å². The molecule has 0 heterocycles. The fourth-order valence-electron chi connectivity index (χ4n) is 2.25. The first-order valence-electron chi connectivity index (χ1n) is 7.54. The van der Waals surface area contributed by atoms with Gasteiger partial charge in [0.1, 0.15) is 0 Å². The number of aliphatic carboxylic acids is 1. The lowest BCUT2D eigenvalue weighted by atomic mass is 9.96. The quantitative estimate of drug-likeness (QED) is 0.401. The highest BCUT2D eigenvalue weighted by molar-refractivity contribution is 7.85. The zero-order chi connectivity index (χ0) is 15.4. The van der Waals surface area contributed by atoms with E-state index in [-0.39, 0.29) is 12.2 Å². The third-order valence-corrected chi connectivity index (χ3v) is 4.26. The van der Waals surface area contributed by atoms with Gasteiger partial charge in [0.2, 0.25) is 0 Å². The lowest BCUT2D eigenvalue weighted by molar-refractivity contribution is -0.142. The van der Waals surface area contributed by atoms with E-state index in [0.717, 1.165) is 19.3 Å². The highest BCUT2D eigenvalue weighted by Crippen LogP contribution is 2.17. The number of rotatable bonds is 13. The van der Waals surface area contributed by atoms with Gasteiger partial charge in [-0.1, -0.05) is 51.9 Å². The number of unbranched alkanes of at least 4 members (excludes halogenated alkanes) is 6. The smallest absolute Gasteiger partial charge is 0.306 e. The molecule has 0 aliphatic rings. The first kappa shape index (κ1) is 19.4. The van der Waals surface area contributed by atoms with E-state index in [1.807, 2.05) is 0 Å². The molecule has 0 aromatic heterocycles. The second kappa shape index (κ2) is 11.1. The van der Waals surface area contributed by atoms with Crippen LogP contribution in [0.4, 0.5) is 0 Å². The van der Waals surface area contributed by atoms with Gasteiger partial charge in [0.05, 0.1) is 11.7 Å². The largest absolute Gasteiger partial charge is 0.481 e. The summed E-state index contributed by atoms with van der Waals surface area (Å²) in [5.41, 5.74) is 0. The van der Waals surface area contributed by atoms with Gasteiger partial charge in [-0.3, -0.25) is 9.35 Å². The Morgan fingerprint density at radius 1 is 0.950 bits per heavy atom. The van der Waals surface area contributed by atoms with Crippen molar-refractivity contribution in [3.8, 4) is 0 Å². The van der Waals surface area contributed by atoms with E-state index in [0.29, 0.717) is 12.8 Å². The Balaban J connectivity index is 3.73. The topological polar surface area (TPSA) is 91.7 Å². The van der Waals surface area contributed by atoms with Crippen LogP contribution >= 0.6 is 0 Å². The monoisotopic (exact) mass is 308 g/mol. The normalized spacial score (nSPS) is 13.3. The molecule has 0 saturated carbocycles. The highest BCUT2D eigenvalue weighted by atomic mass is 32.2. The molecule has 1 atom stereocenters. The van der Waals surface area contributed by atoms with E-state index in [1.54, 1.807) is 0 Å². The van der Waals surface area contributed by atoms with Crippen LogP contribution in [0, 0.1) is 5.92 Å². The van der Waals surface area contributed by atoms with Crippen LogP contribution in [-0.4, -0.2) is 29.8 Å². The SMILES string of the molecule is CCCCCCCCCC(CCCS(=O)(=O)O)C(=O)O. The van der Waals surface area contributed by atoms with Crippen molar-refractivity contribution in [2.75, 3.05) is 5.75 Å². The van der Waals surface area contributed by atoms with Gasteiger partial charge in [0.15, 0.2) is 0 Å². The van der Waals surface area contributed by atoms with Crippen molar-refractivity contribution in [2.24, 2.45) is 5.92 Å². The van der Waals surface area contributed by atoms with Crippen molar-refractivity contribution in [3.63, 3.8) is 0 Å². The summed E-state index contributed by atoms with van der Waals surface area (Å²) in [5.74, 6) is -1.72.